The molecule has 0 unspecified atom stereocenters. The number of benzene rings is 1. The van der Waals surface area contributed by atoms with Gasteiger partial charge in [0.25, 0.3) is 0 Å². The minimum Gasteiger partial charge on any atom is -0.333 e. The Morgan fingerprint density at radius 3 is 2.47 bits per heavy atom. The maximum Gasteiger partial charge on any atom is 0.434 e. The number of aromatic nitrogens is 2. The van der Waals surface area contributed by atoms with Crippen LogP contribution >= 0.6 is 23.2 Å². The second-order valence-corrected chi connectivity index (χ2v) is 4.68. The number of hydrogen-bond acceptors (Lipinski definition) is 1. The van der Waals surface area contributed by atoms with Crippen LogP contribution in [0, 0.1) is 0 Å². The summed E-state index contributed by atoms with van der Waals surface area (Å²) in [6.07, 6.45) is -3.54. The van der Waals surface area contributed by atoms with Gasteiger partial charge in [0.15, 0.2) is 5.69 Å². The molecule has 1 aromatic heterocycles. The molecule has 0 bridgehead atoms. The van der Waals surface area contributed by atoms with Gasteiger partial charge in [0, 0.05) is 24.7 Å². The summed E-state index contributed by atoms with van der Waals surface area (Å²) >= 11 is 11.7. The molecular weight excluding hydrogens is 300 g/mol. The molecule has 0 aliphatic rings. The molecular formula is C12H9Cl2F3N2. The van der Waals surface area contributed by atoms with E-state index in [0.717, 1.165) is 11.8 Å². The highest BCUT2D eigenvalue weighted by Gasteiger charge is 2.34. The lowest BCUT2D eigenvalue weighted by Gasteiger charge is -2.05. The van der Waals surface area contributed by atoms with Crippen molar-refractivity contribution in [1.29, 1.82) is 0 Å². The maximum absolute atomic E-state index is 12.6. The van der Waals surface area contributed by atoms with Crippen LogP contribution in [-0.4, -0.2) is 9.55 Å². The van der Waals surface area contributed by atoms with E-state index in [0.29, 0.717) is 10.6 Å². The van der Waals surface area contributed by atoms with E-state index in [4.69, 9.17) is 23.2 Å². The van der Waals surface area contributed by atoms with E-state index in [1.165, 1.54) is 11.6 Å². The van der Waals surface area contributed by atoms with E-state index in [9.17, 15) is 13.2 Å². The van der Waals surface area contributed by atoms with Crippen LogP contribution in [0.2, 0.25) is 5.02 Å². The number of nitrogens with zero attached hydrogens (tertiary/aromatic N) is 2. The lowest BCUT2D eigenvalue weighted by atomic mass is 10.1. The number of halogens is 5. The molecule has 102 valence electrons. The number of hydrogen-bond donors (Lipinski definition) is 0. The van der Waals surface area contributed by atoms with Crippen molar-refractivity contribution in [2.45, 2.75) is 12.1 Å². The van der Waals surface area contributed by atoms with E-state index >= 15 is 0 Å². The highest BCUT2D eigenvalue weighted by Crippen LogP contribution is 2.33. The number of aryl methyl sites for hydroxylation is 1. The molecule has 19 heavy (non-hydrogen) atoms. The number of rotatable bonds is 2. The zero-order chi connectivity index (χ0) is 14.2. The van der Waals surface area contributed by atoms with Gasteiger partial charge in [-0.05, 0) is 17.7 Å². The van der Waals surface area contributed by atoms with E-state index in [1.807, 2.05) is 0 Å². The normalized spacial score (nSPS) is 11.9. The van der Waals surface area contributed by atoms with Crippen molar-refractivity contribution in [3.8, 4) is 11.4 Å². The van der Waals surface area contributed by atoms with Gasteiger partial charge < -0.3 is 4.57 Å². The van der Waals surface area contributed by atoms with Crippen LogP contribution in [-0.2, 0) is 19.1 Å². The third-order valence-electron chi connectivity index (χ3n) is 2.60. The summed E-state index contributed by atoms with van der Waals surface area (Å²) in [6.45, 7) is 0. The highest BCUT2D eigenvalue weighted by atomic mass is 35.5. The van der Waals surface area contributed by atoms with Crippen LogP contribution in [0.3, 0.4) is 0 Å². The molecule has 2 rings (SSSR count). The van der Waals surface area contributed by atoms with Crippen LogP contribution in [0.25, 0.3) is 11.4 Å². The molecule has 0 saturated heterocycles. The molecule has 0 saturated carbocycles. The van der Waals surface area contributed by atoms with Gasteiger partial charge in [0.2, 0.25) is 0 Å². The second-order valence-electron chi connectivity index (χ2n) is 4.01. The van der Waals surface area contributed by atoms with Gasteiger partial charge in [-0.25, -0.2) is 4.98 Å². The molecule has 0 radical (unpaired) electrons. The van der Waals surface area contributed by atoms with Gasteiger partial charge in [0.1, 0.15) is 5.82 Å². The summed E-state index contributed by atoms with van der Waals surface area (Å²) in [7, 11) is 1.49. The topological polar surface area (TPSA) is 17.8 Å². The average molecular weight is 309 g/mol. The molecule has 0 N–H and O–H groups in total. The fourth-order valence-corrected chi connectivity index (χ4v) is 2.13. The third-order valence-corrected chi connectivity index (χ3v) is 3.22. The molecule has 0 aliphatic carbocycles. The summed E-state index contributed by atoms with van der Waals surface area (Å²) < 4.78 is 39.1. The van der Waals surface area contributed by atoms with Crippen molar-refractivity contribution in [2.75, 3.05) is 0 Å². The fourth-order valence-electron chi connectivity index (χ4n) is 1.68. The lowest BCUT2D eigenvalue weighted by molar-refractivity contribution is -0.140. The smallest absolute Gasteiger partial charge is 0.333 e. The Balaban J connectivity index is 2.51. The Morgan fingerprint density at radius 2 is 2.00 bits per heavy atom. The van der Waals surface area contributed by atoms with Crippen molar-refractivity contribution in [3.05, 3.63) is 40.7 Å². The van der Waals surface area contributed by atoms with Crippen molar-refractivity contribution >= 4 is 23.2 Å². The number of imidazole rings is 1. The van der Waals surface area contributed by atoms with Gasteiger partial charge in [-0.15, -0.1) is 11.6 Å². The third kappa shape index (κ3) is 2.87. The Morgan fingerprint density at radius 1 is 1.32 bits per heavy atom. The van der Waals surface area contributed by atoms with Crippen LogP contribution < -0.4 is 0 Å². The molecule has 0 spiro atoms. The second kappa shape index (κ2) is 5.06. The van der Waals surface area contributed by atoms with Gasteiger partial charge in [-0.3, -0.25) is 0 Å². The van der Waals surface area contributed by atoms with Crippen LogP contribution in [0.15, 0.2) is 24.4 Å². The minimum atomic E-state index is -4.47. The SMILES string of the molecule is Cn1cc(C(F)(F)F)nc1-c1ccc(CCl)cc1Cl. The van der Waals surface area contributed by atoms with Crippen molar-refractivity contribution in [1.82, 2.24) is 9.55 Å². The van der Waals surface area contributed by atoms with Crippen LogP contribution in [0.1, 0.15) is 11.3 Å². The summed E-state index contributed by atoms with van der Waals surface area (Å²) in [5.74, 6) is 0.451. The van der Waals surface area contributed by atoms with Crippen molar-refractivity contribution < 1.29 is 13.2 Å². The quantitative estimate of drug-likeness (QED) is 0.747. The summed E-state index contributed by atoms with van der Waals surface area (Å²) in [5, 5.41) is 0.320. The first-order chi connectivity index (χ1) is 8.82. The molecule has 2 aromatic rings. The van der Waals surface area contributed by atoms with E-state index in [1.54, 1.807) is 18.2 Å². The van der Waals surface area contributed by atoms with Crippen LogP contribution in [0.4, 0.5) is 13.2 Å². The molecule has 1 heterocycles. The summed E-state index contributed by atoms with van der Waals surface area (Å²) in [4.78, 5) is 3.59. The van der Waals surface area contributed by atoms with E-state index < -0.39 is 11.9 Å². The van der Waals surface area contributed by atoms with Crippen molar-refractivity contribution in [2.24, 2.45) is 7.05 Å². The van der Waals surface area contributed by atoms with Gasteiger partial charge in [0.05, 0.1) is 5.02 Å². The maximum atomic E-state index is 12.6. The van der Waals surface area contributed by atoms with Crippen LogP contribution in [0.5, 0.6) is 0 Å². The molecule has 7 heteroatoms. The van der Waals surface area contributed by atoms with E-state index in [-0.39, 0.29) is 11.7 Å². The highest BCUT2D eigenvalue weighted by molar-refractivity contribution is 6.33. The lowest BCUT2D eigenvalue weighted by Crippen LogP contribution is -2.04. The molecule has 0 aliphatic heterocycles. The van der Waals surface area contributed by atoms with Crippen molar-refractivity contribution in [3.63, 3.8) is 0 Å². The van der Waals surface area contributed by atoms with E-state index in [2.05, 4.69) is 4.98 Å². The predicted molar refractivity (Wildman–Crippen MR) is 68.2 cm³/mol. The molecule has 0 fully saturated rings. The predicted octanol–water partition coefficient (Wildman–Crippen LogP) is 4.50. The molecule has 0 atom stereocenters. The Kier molecular flexibility index (Phi) is 3.78. The van der Waals surface area contributed by atoms with Gasteiger partial charge in [-0.2, -0.15) is 13.2 Å². The molecule has 1 aromatic carbocycles. The average Bonchev–Trinajstić information content (AvgIpc) is 2.71. The fraction of sp³-hybridized carbons (Fsp3) is 0.250. The Bertz CT molecular complexity index is 606. The number of alkyl halides is 4. The minimum absolute atomic E-state index is 0.165. The largest absolute Gasteiger partial charge is 0.434 e. The van der Waals surface area contributed by atoms with Gasteiger partial charge in [-0.1, -0.05) is 17.7 Å². The first-order valence-corrected chi connectivity index (χ1v) is 6.19. The zero-order valence-corrected chi connectivity index (χ0v) is 11.3. The standard InChI is InChI=1S/C12H9Cl2F3N2/c1-19-6-10(12(15,16)17)18-11(19)8-3-2-7(5-13)4-9(8)14/h2-4,6H,5H2,1H3. The monoisotopic (exact) mass is 308 g/mol. The Labute approximate surface area is 117 Å². The summed E-state index contributed by atoms with van der Waals surface area (Å²) in [5.41, 5.74) is 0.289. The Hall–Kier alpha value is -1.20. The molecule has 2 nitrogen and oxygen atoms in total. The zero-order valence-electron chi connectivity index (χ0n) is 9.80. The molecule has 0 amide bonds. The summed E-state index contributed by atoms with van der Waals surface area (Å²) in [6, 6.07) is 4.94. The first-order valence-electron chi connectivity index (χ1n) is 5.28. The first kappa shape index (κ1) is 14.2. The van der Waals surface area contributed by atoms with Gasteiger partial charge >= 0.3 is 6.18 Å².